The van der Waals surface area contributed by atoms with E-state index < -0.39 is 23.5 Å². The second kappa shape index (κ2) is 11.6. The molecule has 2 heterocycles. The molecular formula is C25H27FN6O4. The third-order valence-electron chi connectivity index (χ3n) is 5.78. The summed E-state index contributed by atoms with van der Waals surface area (Å²) in [6, 6.07) is 11.6. The van der Waals surface area contributed by atoms with Crippen molar-refractivity contribution in [2.24, 2.45) is 0 Å². The minimum absolute atomic E-state index is 0.0467. The van der Waals surface area contributed by atoms with Crippen LogP contribution in [-0.2, 0) is 0 Å². The highest BCUT2D eigenvalue weighted by molar-refractivity contribution is 6.10. The number of imidazole rings is 1. The van der Waals surface area contributed by atoms with Gasteiger partial charge in [0.2, 0.25) is 0 Å². The van der Waals surface area contributed by atoms with E-state index in [1.165, 1.54) is 30.6 Å². The van der Waals surface area contributed by atoms with Crippen LogP contribution in [0.1, 0.15) is 44.2 Å². The number of benzene rings is 2. The molecule has 0 spiro atoms. The number of hydrogen-bond acceptors (Lipinski definition) is 6. The monoisotopic (exact) mass is 494 g/mol. The van der Waals surface area contributed by atoms with Gasteiger partial charge in [-0.2, -0.15) is 0 Å². The number of amides is 3. The van der Waals surface area contributed by atoms with Gasteiger partial charge in [0.05, 0.1) is 12.4 Å². The van der Waals surface area contributed by atoms with E-state index in [9.17, 15) is 23.9 Å². The predicted molar refractivity (Wildman–Crippen MR) is 131 cm³/mol. The smallest absolute Gasteiger partial charge is 0.276 e. The lowest BCUT2D eigenvalue weighted by atomic mass is 10.1. The van der Waals surface area contributed by atoms with Crippen molar-refractivity contribution in [1.29, 1.82) is 0 Å². The zero-order chi connectivity index (χ0) is 25.5. The number of β-amino-alcohol motifs (C(OH)–C–C–N with tert-alkyl or cyclic N) is 1. The summed E-state index contributed by atoms with van der Waals surface area (Å²) >= 11 is 0. The molecule has 1 aliphatic rings. The molecule has 0 aliphatic carbocycles. The van der Waals surface area contributed by atoms with Gasteiger partial charge in [-0.15, -0.1) is 0 Å². The number of carbonyl (C=O) groups excluding carboxylic acids is 3. The number of rotatable bonds is 8. The number of hydrogen-bond donors (Lipinski definition) is 5. The van der Waals surface area contributed by atoms with E-state index in [-0.39, 0.29) is 17.5 Å². The first kappa shape index (κ1) is 25.0. The Bertz CT molecular complexity index is 1210. The fourth-order valence-corrected chi connectivity index (χ4v) is 3.92. The summed E-state index contributed by atoms with van der Waals surface area (Å²) in [7, 11) is 0. The van der Waals surface area contributed by atoms with Crippen molar-refractivity contribution < 1.29 is 23.9 Å². The van der Waals surface area contributed by atoms with Crippen LogP contribution in [0.4, 0.5) is 15.8 Å². The normalized spacial score (nSPS) is 15.8. The van der Waals surface area contributed by atoms with Crippen molar-refractivity contribution in [3.8, 4) is 0 Å². The molecule has 5 N–H and O–H groups in total. The van der Waals surface area contributed by atoms with Crippen LogP contribution in [0.2, 0.25) is 0 Å². The summed E-state index contributed by atoms with van der Waals surface area (Å²) in [6.07, 6.45) is 2.65. The maximum Gasteiger partial charge on any atom is 0.276 e. The minimum atomic E-state index is -0.566. The Kier molecular flexibility index (Phi) is 8.03. The highest BCUT2D eigenvalue weighted by Crippen LogP contribution is 2.16. The second-order valence-corrected chi connectivity index (χ2v) is 8.47. The van der Waals surface area contributed by atoms with E-state index in [2.05, 4.69) is 30.8 Å². The highest BCUT2D eigenvalue weighted by atomic mass is 19.1. The maximum atomic E-state index is 13.0. The summed E-state index contributed by atoms with van der Waals surface area (Å²) in [6.45, 7) is 2.43. The number of aromatic amines is 1. The Morgan fingerprint density at radius 1 is 1.00 bits per heavy atom. The molecule has 0 bridgehead atoms. The molecular weight excluding hydrogens is 467 g/mol. The molecule has 1 aliphatic heterocycles. The average Bonchev–Trinajstić information content (AvgIpc) is 3.36. The molecule has 2 aromatic carbocycles. The van der Waals surface area contributed by atoms with Gasteiger partial charge in [-0.25, -0.2) is 9.37 Å². The lowest BCUT2D eigenvalue weighted by Gasteiger charge is -2.29. The molecule has 1 unspecified atom stereocenters. The number of halogens is 1. The second-order valence-electron chi connectivity index (χ2n) is 8.47. The molecule has 11 heteroatoms. The number of aliphatic hydroxyl groups is 1. The van der Waals surface area contributed by atoms with Crippen molar-refractivity contribution >= 4 is 29.1 Å². The molecule has 1 saturated heterocycles. The summed E-state index contributed by atoms with van der Waals surface area (Å²) in [4.78, 5) is 46.3. The summed E-state index contributed by atoms with van der Waals surface area (Å²) in [5.41, 5.74) is 1.25. The van der Waals surface area contributed by atoms with Crippen molar-refractivity contribution in [3.63, 3.8) is 0 Å². The van der Waals surface area contributed by atoms with Crippen LogP contribution in [0, 0.1) is 5.82 Å². The van der Waals surface area contributed by atoms with Crippen molar-refractivity contribution in [1.82, 2.24) is 20.2 Å². The van der Waals surface area contributed by atoms with Gasteiger partial charge in [-0.05, 0) is 67.9 Å². The zero-order valence-electron chi connectivity index (χ0n) is 19.5. The lowest BCUT2D eigenvalue weighted by Crippen LogP contribution is -2.42. The molecule has 4 rings (SSSR count). The van der Waals surface area contributed by atoms with Gasteiger partial charge in [-0.3, -0.25) is 19.3 Å². The van der Waals surface area contributed by atoms with E-state index in [0.717, 1.165) is 19.4 Å². The molecule has 3 aromatic rings. The summed E-state index contributed by atoms with van der Waals surface area (Å²) in [5, 5.41) is 17.9. The standard InChI is InChI=1S/C25H27FN6O4/c26-17-5-3-16(4-6-17)23(34)30-18-7-9-19(10-8-18)31-25(36)22-21(28-15-29-22)24(35)27-11-13-32-12-1-2-20(33)14-32/h3-10,15,20,33H,1-2,11-14H2,(H,27,35)(H,28,29)(H,30,34)(H,31,36). The molecule has 3 amide bonds. The first-order valence-corrected chi connectivity index (χ1v) is 11.6. The minimum Gasteiger partial charge on any atom is -0.392 e. The third kappa shape index (κ3) is 6.52. The van der Waals surface area contributed by atoms with Gasteiger partial charge >= 0.3 is 0 Å². The van der Waals surface area contributed by atoms with Gasteiger partial charge in [0.1, 0.15) is 11.5 Å². The molecule has 0 saturated carbocycles. The van der Waals surface area contributed by atoms with Crippen molar-refractivity contribution in [2.45, 2.75) is 18.9 Å². The van der Waals surface area contributed by atoms with E-state index in [0.29, 0.717) is 36.6 Å². The lowest BCUT2D eigenvalue weighted by molar-refractivity contribution is 0.0702. The average molecular weight is 495 g/mol. The number of carbonyl (C=O) groups is 3. The fraction of sp³-hybridized carbons (Fsp3) is 0.280. The first-order chi connectivity index (χ1) is 17.4. The van der Waals surface area contributed by atoms with Crippen molar-refractivity contribution in [2.75, 3.05) is 36.8 Å². The van der Waals surface area contributed by atoms with Gasteiger partial charge < -0.3 is 26.0 Å². The van der Waals surface area contributed by atoms with Gasteiger partial charge in [-0.1, -0.05) is 0 Å². The van der Waals surface area contributed by atoms with Crippen LogP contribution in [0.15, 0.2) is 54.9 Å². The zero-order valence-corrected chi connectivity index (χ0v) is 19.5. The van der Waals surface area contributed by atoms with Crippen LogP contribution in [0.25, 0.3) is 0 Å². The van der Waals surface area contributed by atoms with E-state index >= 15 is 0 Å². The van der Waals surface area contributed by atoms with E-state index in [1.54, 1.807) is 24.3 Å². The van der Waals surface area contributed by atoms with Crippen LogP contribution in [0.3, 0.4) is 0 Å². The Morgan fingerprint density at radius 3 is 2.33 bits per heavy atom. The largest absolute Gasteiger partial charge is 0.392 e. The van der Waals surface area contributed by atoms with Crippen LogP contribution in [-0.4, -0.2) is 70.0 Å². The Balaban J connectivity index is 1.29. The first-order valence-electron chi connectivity index (χ1n) is 11.6. The van der Waals surface area contributed by atoms with Crippen LogP contribution >= 0.6 is 0 Å². The van der Waals surface area contributed by atoms with E-state index in [1.807, 2.05) is 0 Å². The number of H-pyrrole nitrogens is 1. The van der Waals surface area contributed by atoms with Crippen LogP contribution < -0.4 is 16.0 Å². The van der Waals surface area contributed by atoms with E-state index in [4.69, 9.17) is 0 Å². The Labute approximate surface area is 206 Å². The predicted octanol–water partition coefficient (Wildman–Crippen LogP) is 2.24. The number of anilines is 2. The van der Waals surface area contributed by atoms with Gasteiger partial charge in [0, 0.05) is 36.6 Å². The van der Waals surface area contributed by atoms with Crippen molar-refractivity contribution in [3.05, 3.63) is 77.6 Å². The molecule has 10 nitrogen and oxygen atoms in total. The van der Waals surface area contributed by atoms with Gasteiger partial charge in [0.15, 0.2) is 5.69 Å². The third-order valence-corrected chi connectivity index (χ3v) is 5.78. The molecule has 1 atom stereocenters. The number of aromatic nitrogens is 2. The Morgan fingerprint density at radius 2 is 1.67 bits per heavy atom. The highest BCUT2D eigenvalue weighted by Gasteiger charge is 2.21. The summed E-state index contributed by atoms with van der Waals surface area (Å²) < 4.78 is 13.0. The van der Waals surface area contributed by atoms with Crippen LogP contribution in [0.5, 0.6) is 0 Å². The molecule has 0 radical (unpaired) electrons. The number of piperidine rings is 1. The number of aliphatic hydroxyl groups excluding tert-OH is 1. The number of likely N-dealkylation sites (tertiary alicyclic amines) is 1. The molecule has 36 heavy (non-hydrogen) atoms. The number of nitrogens with one attached hydrogen (secondary N) is 4. The molecule has 188 valence electrons. The fourth-order valence-electron chi connectivity index (χ4n) is 3.92. The number of nitrogens with zero attached hydrogens (tertiary/aromatic N) is 2. The topological polar surface area (TPSA) is 139 Å². The maximum absolute atomic E-state index is 13.0. The molecule has 1 fully saturated rings. The SMILES string of the molecule is O=C(Nc1ccc(NC(=O)c2nc[nH]c2C(=O)NCCN2CCCC(O)C2)cc1)c1ccc(F)cc1. The Hall–Kier alpha value is -4.09. The quantitative estimate of drug-likeness (QED) is 0.326. The van der Waals surface area contributed by atoms with Gasteiger partial charge in [0.25, 0.3) is 17.7 Å². The molecule has 1 aromatic heterocycles. The summed E-state index contributed by atoms with van der Waals surface area (Å²) in [5.74, 6) is -1.84.